The molecule has 10 heteroatoms. The lowest BCUT2D eigenvalue weighted by atomic mass is 10.0. The zero-order valence-electron chi connectivity index (χ0n) is 11.0. The summed E-state index contributed by atoms with van der Waals surface area (Å²) < 4.78 is 9.58. The van der Waals surface area contributed by atoms with Crippen molar-refractivity contribution in [2.24, 2.45) is 5.73 Å². The van der Waals surface area contributed by atoms with E-state index < -0.39 is 12.0 Å². The molecule has 0 saturated carbocycles. The van der Waals surface area contributed by atoms with E-state index in [1.165, 1.54) is 35.3 Å². The molecule has 3 rings (SSSR count). The predicted molar refractivity (Wildman–Crippen MR) is 80.7 cm³/mol. The standard InChI is InChI=1S/C11H12N4O3S3/c1-18-11(17)8-5(3-19-6-2-13-14-21-6)4-20-10-7(12)9(16)15(8)10/h2,7,10H,3-4,12H2,1H3/t7?,10-/m1/s1. The van der Waals surface area contributed by atoms with E-state index in [1.807, 2.05) is 0 Å². The molecule has 7 nitrogen and oxygen atoms in total. The summed E-state index contributed by atoms with van der Waals surface area (Å²) in [6.45, 7) is 0. The topological polar surface area (TPSA) is 98.4 Å². The van der Waals surface area contributed by atoms with Crippen molar-refractivity contribution in [3.05, 3.63) is 17.5 Å². The maximum atomic E-state index is 12.0. The SMILES string of the molecule is COC(=O)C1=C(CSc2cnns2)CS[C@@H]2C(N)C(=O)N12. The molecule has 2 N–H and O–H groups in total. The molecule has 1 saturated heterocycles. The van der Waals surface area contributed by atoms with E-state index in [0.29, 0.717) is 17.2 Å². The minimum Gasteiger partial charge on any atom is -0.464 e. The quantitative estimate of drug-likeness (QED) is 0.473. The maximum Gasteiger partial charge on any atom is 0.354 e. The van der Waals surface area contributed by atoms with Crippen LogP contribution >= 0.6 is 35.1 Å². The molecule has 1 unspecified atom stereocenters. The maximum absolute atomic E-state index is 12.0. The number of methoxy groups -OCH3 is 1. The Hall–Kier alpha value is -1.10. The molecule has 0 bridgehead atoms. The van der Waals surface area contributed by atoms with Crippen molar-refractivity contribution in [1.29, 1.82) is 0 Å². The Labute approximate surface area is 133 Å². The van der Waals surface area contributed by atoms with Crippen molar-refractivity contribution in [3.8, 4) is 0 Å². The van der Waals surface area contributed by atoms with E-state index in [9.17, 15) is 9.59 Å². The number of esters is 1. The average Bonchev–Trinajstić information content (AvgIpc) is 3.03. The molecule has 1 fully saturated rings. The number of thioether (sulfide) groups is 2. The number of carbonyl (C=O) groups is 2. The monoisotopic (exact) mass is 344 g/mol. The average molecular weight is 344 g/mol. The Kier molecular flexibility index (Phi) is 4.20. The van der Waals surface area contributed by atoms with Crippen LogP contribution in [0, 0.1) is 0 Å². The highest BCUT2D eigenvalue weighted by atomic mass is 32.2. The molecule has 0 aromatic carbocycles. The number of nitrogens with zero attached hydrogens (tertiary/aromatic N) is 3. The Morgan fingerprint density at radius 1 is 1.67 bits per heavy atom. The van der Waals surface area contributed by atoms with Crippen molar-refractivity contribution < 1.29 is 14.3 Å². The number of β-lactam (4-membered cyclic amide) rings is 1. The first kappa shape index (κ1) is 14.8. The lowest BCUT2D eigenvalue weighted by Crippen LogP contribution is -2.68. The van der Waals surface area contributed by atoms with Crippen LogP contribution in [0.15, 0.2) is 21.7 Å². The highest BCUT2D eigenvalue weighted by Gasteiger charge is 2.51. The second-order valence-electron chi connectivity index (χ2n) is 4.40. The van der Waals surface area contributed by atoms with Crippen LogP contribution in [0.4, 0.5) is 0 Å². The molecule has 1 amide bonds. The zero-order chi connectivity index (χ0) is 15.0. The van der Waals surface area contributed by atoms with Gasteiger partial charge in [0.1, 0.15) is 21.3 Å². The number of nitrogens with two attached hydrogens (primary N) is 1. The molecule has 0 radical (unpaired) electrons. The Balaban J connectivity index is 1.84. The van der Waals surface area contributed by atoms with E-state index in [2.05, 4.69) is 9.59 Å². The van der Waals surface area contributed by atoms with Crippen LogP contribution in [-0.2, 0) is 14.3 Å². The van der Waals surface area contributed by atoms with Crippen LogP contribution < -0.4 is 5.73 Å². The van der Waals surface area contributed by atoms with Gasteiger partial charge in [-0.05, 0) is 17.1 Å². The van der Waals surface area contributed by atoms with Gasteiger partial charge in [-0.1, -0.05) is 4.49 Å². The van der Waals surface area contributed by atoms with Crippen LogP contribution in [-0.4, -0.2) is 56.4 Å². The third-order valence-electron chi connectivity index (χ3n) is 3.20. The Bertz CT molecular complexity index is 604. The van der Waals surface area contributed by atoms with Crippen molar-refractivity contribution in [1.82, 2.24) is 14.5 Å². The van der Waals surface area contributed by atoms with Gasteiger partial charge in [-0.3, -0.25) is 9.69 Å². The summed E-state index contributed by atoms with van der Waals surface area (Å²) in [5.74, 6) is 0.534. The molecule has 2 atom stereocenters. The summed E-state index contributed by atoms with van der Waals surface area (Å²) in [4.78, 5) is 25.4. The second-order valence-corrected chi connectivity index (χ2v) is 7.57. The summed E-state index contributed by atoms with van der Waals surface area (Å²) in [5, 5.41) is 3.61. The fourth-order valence-electron chi connectivity index (χ4n) is 2.16. The highest BCUT2D eigenvalue weighted by Crippen LogP contribution is 2.41. The lowest BCUT2D eigenvalue weighted by Gasteiger charge is -2.48. The Morgan fingerprint density at radius 3 is 3.14 bits per heavy atom. The van der Waals surface area contributed by atoms with Crippen molar-refractivity contribution in [2.45, 2.75) is 15.6 Å². The first-order chi connectivity index (χ1) is 10.1. The van der Waals surface area contributed by atoms with Crippen molar-refractivity contribution in [3.63, 3.8) is 0 Å². The summed E-state index contributed by atoms with van der Waals surface area (Å²) >= 11 is 4.41. The Morgan fingerprint density at radius 2 is 2.48 bits per heavy atom. The van der Waals surface area contributed by atoms with Gasteiger partial charge >= 0.3 is 5.97 Å². The number of rotatable bonds is 4. The number of aromatic nitrogens is 2. The van der Waals surface area contributed by atoms with Gasteiger partial charge in [0, 0.05) is 11.5 Å². The normalized spacial score (nSPS) is 24.7. The molecule has 21 heavy (non-hydrogen) atoms. The first-order valence-corrected chi connectivity index (χ1v) is 8.85. The van der Waals surface area contributed by atoms with E-state index in [4.69, 9.17) is 10.5 Å². The highest BCUT2D eigenvalue weighted by molar-refractivity contribution is 8.01. The largest absolute Gasteiger partial charge is 0.464 e. The minimum absolute atomic E-state index is 0.162. The molecular weight excluding hydrogens is 332 g/mol. The van der Waals surface area contributed by atoms with Crippen LogP contribution in [0.3, 0.4) is 0 Å². The third-order valence-corrected chi connectivity index (χ3v) is 6.48. The van der Waals surface area contributed by atoms with Crippen LogP contribution in [0.5, 0.6) is 0 Å². The number of hydrogen-bond donors (Lipinski definition) is 1. The van der Waals surface area contributed by atoms with E-state index in [0.717, 1.165) is 9.78 Å². The third kappa shape index (κ3) is 2.56. The van der Waals surface area contributed by atoms with E-state index in [-0.39, 0.29) is 11.3 Å². The van der Waals surface area contributed by atoms with Gasteiger partial charge in [-0.2, -0.15) is 0 Å². The van der Waals surface area contributed by atoms with E-state index in [1.54, 1.807) is 18.0 Å². The van der Waals surface area contributed by atoms with Gasteiger partial charge in [0.2, 0.25) is 5.91 Å². The molecule has 1 aromatic heterocycles. The minimum atomic E-state index is -0.533. The molecule has 3 heterocycles. The van der Waals surface area contributed by atoms with Gasteiger partial charge in [-0.25, -0.2) is 4.79 Å². The van der Waals surface area contributed by atoms with Gasteiger partial charge < -0.3 is 10.5 Å². The summed E-state index contributed by atoms with van der Waals surface area (Å²) in [5.41, 5.74) is 6.99. The van der Waals surface area contributed by atoms with Crippen LogP contribution in [0.1, 0.15) is 0 Å². The van der Waals surface area contributed by atoms with Gasteiger partial charge in [0.15, 0.2) is 0 Å². The fraction of sp³-hybridized carbons (Fsp3) is 0.455. The smallest absolute Gasteiger partial charge is 0.354 e. The van der Waals surface area contributed by atoms with Crippen molar-refractivity contribution in [2.75, 3.05) is 18.6 Å². The summed E-state index contributed by atoms with van der Waals surface area (Å²) in [6, 6.07) is -0.533. The van der Waals surface area contributed by atoms with Gasteiger partial charge in [-0.15, -0.1) is 28.6 Å². The molecule has 2 aliphatic heterocycles. The van der Waals surface area contributed by atoms with Gasteiger partial charge in [0.05, 0.1) is 13.3 Å². The second kappa shape index (κ2) is 5.95. The number of carbonyl (C=O) groups excluding carboxylic acids is 2. The first-order valence-electron chi connectivity index (χ1n) is 6.04. The number of ether oxygens (including phenoxy) is 1. The summed E-state index contributed by atoms with van der Waals surface area (Å²) in [6.07, 6.45) is 1.68. The van der Waals surface area contributed by atoms with E-state index >= 15 is 0 Å². The molecular formula is C11H12N4O3S3. The fourth-order valence-corrected chi connectivity index (χ4v) is 5.01. The van der Waals surface area contributed by atoms with Crippen LogP contribution in [0.2, 0.25) is 0 Å². The van der Waals surface area contributed by atoms with Crippen LogP contribution in [0.25, 0.3) is 0 Å². The van der Waals surface area contributed by atoms with Gasteiger partial charge in [0.25, 0.3) is 0 Å². The molecule has 0 aliphatic carbocycles. The molecule has 0 spiro atoms. The summed E-state index contributed by atoms with van der Waals surface area (Å²) in [7, 11) is 1.31. The predicted octanol–water partition coefficient (Wildman–Crippen LogP) is 0.300. The molecule has 2 aliphatic rings. The number of hydrogen-bond acceptors (Lipinski definition) is 9. The number of fused-ring (bicyclic) bond motifs is 1. The molecule has 1 aromatic rings. The van der Waals surface area contributed by atoms with Crippen molar-refractivity contribution >= 4 is 46.9 Å². The molecule has 112 valence electrons. The zero-order valence-corrected chi connectivity index (χ0v) is 13.5. The number of amides is 1. The lowest BCUT2D eigenvalue weighted by molar-refractivity contribution is -0.149.